The molecule has 1 aliphatic carbocycles. The van der Waals surface area contributed by atoms with Gasteiger partial charge in [0, 0.05) is 38.0 Å². The maximum absolute atomic E-state index is 13.7. The normalized spacial score (nSPS) is 20.2. The van der Waals surface area contributed by atoms with Crippen molar-refractivity contribution in [3.8, 4) is 0 Å². The van der Waals surface area contributed by atoms with Crippen molar-refractivity contribution in [2.24, 2.45) is 5.92 Å². The molecule has 1 aliphatic rings. The van der Waals surface area contributed by atoms with Crippen LogP contribution in [0.1, 0.15) is 35.3 Å². The van der Waals surface area contributed by atoms with E-state index in [0.717, 1.165) is 31.2 Å². The van der Waals surface area contributed by atoms with Gasteiger partial charge in [-0.25, -0.2) is 4.39 Å². The predicted octanol–water partition coefficient (Wildman–Crippen LogP) is 0.946. The van der Waals surface area contributed by atoms with Gasteiger partial charge in [-0.15, -0.1) is 5.10 Å². The van der Waals surface area contributed by atoms with Crippen molar-refractivity contribution in [1.29, 1.82) is 0 Å². The van der Waals surface area contributed by atoms with Crippen molar-refractivity contribution in [3.05, 3.63) is 41.7 Å². The van der Waals surface area contributed by atoms with Crippen molar-refractivity contribution in [2.75, 3.05) is 6.61 Å². The number of aromatic nitrogens is 4. The number of nitrogens with one attached hydrogen (secondary N) is 1. The second kappa shape index (κ2) is 7.48. The number of aliphatic hydroxyl groups is 1. The van der Waals surface area contributed by atoms with Crippen LogP contribution in [0.25, 0.3) is 0 Å². The number of nitrogens with zero attached hydrogens (tertiary/aromatic N) is 4. The average molecular weight is 333 g/mol. The zero-order chi connectivity index (χ0) is 16.9. The van der Waals surface area contributed by atoms with E-state index in [2.05, 4.69) is 20.6 Å². The van der Waals surface area contributed by atoms with E-state index in [1.165, 1.54) is 12.3 Å². The lowest BCUT2D eigenvalue weighted by Gasteiger charge is -2.21. The van der Waals surface area contributed by atoms with Crippen molar-refractivity contribution in [2.45, 2.75) is 38.3 Å². The summed E-state index contributed by atoms with van der Waals surface area (Å²) >= 11 is 0. The van der Waals surface area contributed by atoms with Gasteiger partial charge in [0.25, 0.3) is 5.91 Å². The fraction of sp³-hybridized carbons (Fsp3) is 0.500. The van der Waals surface area contributed by atoms with Gasteiger partial charge in [-0.3, -0.25) is 14.5 Å². The Hall–Kier alpha value is -2.35. The lowest BCUT2D eigenvalue weighted by molar-refractivity contribution is 0.0920. The van der Waals surface area contributed by atoms with Crippen LogP contribution in [0.4, 0.5) is 4.39 Å². The van der Waals surface area contributed by atoms with E-state index < -0.39 is 11.7 Å². The summed E-state index contributed by atoms with van der Waals surface area (Å²) in [6, 6.07) is 1.36. The fourth-order valence-electron chi connectivity index (χ4n) is 3.15. The zero-order valence-electron chi connectivity index (χ0n) is 13.2. The van der Waals surface area contributed by atoms with E-state index in [9.17, 15) is 9.18 Å². The summed E-state index contributed by atoms with van der Waals surface area (Å²) in [5.74, 6) is -0.802. The minimum absolute atomic E-state index is 0.0154. The molecule has 8 heteroatoms. The molecule has 7 nitrogen and oxygen atoms in total. The molecular formula is C16H20FN5O2. The molecule has 0 aromatic carbocycles. The number of hydrogen-bond acceptors (Lipinski definition) is 5. The lowest BCUT2D eigenvalue weighted by Crippen LogP contribution is -2.39. The molecule has 2 atom stereocenters. The van der Waals surface area contributed by atoms with Gasteiger partial charge < -0.3 is 10.4 Å². The van der Waals surface area contributed by atoms with Gasteiger partial charge in [0.15, 0.2) is 5.82 Å². The minimum Gasteiger partial charge on any atom is -0.396 e. The highest BCUT2D eigenvalue weighted by Gasteiger charge is 2.30. The average Bonchev–Trinajstić information content (AvgIpc) is 3.18. The van der Waals surface area contributed by atoms with Crippen molar-refractivity contribution in [3.63, 3.8) is 0 Å². The molecule has 0 bridgehead atoms. The van der Waals surface area contributed by atoms with Gasteiger partial charge in [0.2, 0.25) is 0 Å². The van der Waals surface area contributed by atoms with Gasteiger partial charge in [-0.2, -0.15) is 0 Å². The molecular weight excluding hydrogens is 313 g/mol. The molecule has 0 saturated heterocycles. The highest BCUT2D eigenvalue weighted by molar-refractivity contribution is 5.94. The second-order valence-electron chi connectivity index (χ2n) is 6.03. The monoisotopic (exact) mass is 333 g/mol. The molecule has 128 valence electrons. The number of halogens is 1. The Morgan fingerprint density at radius 1 is 1.46 bits per heavy atom. The topological polar surface area (TPSA) is 92.9 Å². The van der Waals surface area contributed by atoms with Crippen LogP contribution in [0.3, 0.4) is 0 Å². The number of amides is 1. The largest absolute Gasteiger partial charge is 0.396 e. The number of rotatable bonds is 6. The quantitative estimate of drug-likeness (QED) is 0.821. The molecule has 1 fully saturated rings. The van der Waals surface area contributed by atoms with Crippen molar-refractivity contribution >= 4 is 5.91 Å². The lowest BCUT2D eigenvalue weighted by atomic mass is 10.0. The van der Waals surface area contributed by atoms with Gasteiger partial charge in [0.1, 0.15) is 0 Å². The summed E-state index contributed by atoms with van der Waals surface area (Å²) < 4.78 is 15.4. The van der Waals surface area contributed by atoms with Gasteiger partial charge in [-0.1, -0.05) is 11.6 Å². The van der Waals surface area contributed by atoms with Gasteiger partial charge in [-0.05, 0) is 24.8 Å². The van der Waals surface area contributed by atoms with Crippen LogP contribution in [-0.4, -0.2) is 43.6 Å². The number of carbonyl (C=O) groups is 1. The molecule has 2 aromatic heterocycles. The molecule has 0 spiro atoms. The highest BCUT2D eigenvalue weighted by Crippen LogP contribution is 2.27. The number of aliphatic hydroxyl groups excluding tert-OH is 1. The van der Waals surface area contributed by atoms with Crippen LogP contribution < -0.4 is 5.32 Å². The molecule has 1 amide bonds. The molecule has 0 unspecified atom stereocenters. The summed E-state index contributed by atoms with van der Waals surface area (Å²) in [4.78, 5) is 15.9. The van der Waals surface area contributed by atoms with E-state index >= 15 is 0 Å². The van der Waals surface area contributed by atoms with Crippen molar-refractivity contribution in [1.82, 2.24) is 25.3 Å². The molecule has 2 N–H and O–H groups in total. The molecule has 3 rings (SSSR count). The predicted molar refractivity (Wildman–Crippen MR) is 83.6 cm³/mol. The molecule has 1 saturated carbocycles. The third kappa shape index (κ3) is 3.76. The Kier molecular flexibility index (Phi) is 5.14. The molecule has 0 radical (unpaired) electrons. The fourth-order valence-corrected chi connectivity index (χ4v) is 3.15. The Morgan fingerprint density at radius 3 is 3.12 bits per heavy atom. The molecule has 2 heterocycles. The van der Waals surface area contributed by atoms with Gasteiger partial charge in [0.05, 0.1) is 17.5 Å². The van der Waals surface area contributed by atoms with Gasteiger partial charge >= 0.3 is 0 Å². The van der Waals surface area contributed by atoms with E-state index in [-0.39, 0.29) is 24.1 Å². The summed E-state index contributed by atoms with van der Waals surface area (Å²) in [5.41, 5.74) is 0.761. The Balaban J connectivity index is 1.62. The highest BCUT2D eigenvalue weighted by atomic mass is 19.1. The number of pyridine rings is 1. The third-order valence-electron chi connectivity index (χ3n) is 4.37. The Morgan fingerprint density at radius 2 is 2.33 bits per heavy atom. The first kappa shape index (κ1) is 16.5. The first-order chi connectivity index (χ1) is 11.7. The maximum Gasteiger partial charge on any atom is 0.254 e. The number of hydrogen-bond donors (Lipinski definition) is 2. The van der Waals surface area contributed by atoms with Crippen LogP contribution in [0.5, 0.6) is 0 Å². The standard InChI is InChI=1S/C16H20FN5O2/c17-14-8-18-6-4-13(14)16(24)19-15-3-1-2-11(15)9-22-10-12(5-7-23)20-21-22/h4,6,8,10-11,15,23H,1-3,5,7,9H2,(H,19,24)/t11-,15-/m0/s1. The summed E-state index contributed by atoms with van der Waals surface area (Å²) in [6.07, 6.45) is 7.58. The van der Waals surface area contributed by atoms with Crippen LogP contribution in [-0.2, 0) is 13.0 Å². The molecule has 2 aromatic rings. The SMILES string of the molecule is O=C(N[C@H]1CCC[C@H]1Cn1cc(CCO)nn1)c1ccncc1F. The smallest absolute Gasteiger partial charge is 0.254 e. The molecule has 0 aliphatic heterocycles. The van der Waals surface area contributed by atoms with Crippen LogP contribution in [0.2, 0.25) is 0 Å². The molecule has 24 heavy (non-hydrogen) atoms. The van der Waals surface area contributed by atoms with Crippen LogP contribution >= 0.6 is 0 Å². The van der Waals surface area contributed by atoms with Crippen LogP contribution in [0, 0.1) is 11.7 Å². The van der Waals surface area contributed by atoms with Crippen LogP contribution in [0.15, 0.2) is 24.7 Å². The van der Waals surface area contributed by atoms with E-state index in [1.807, 2.05) is 6.20 Å². The summed E-state index contributed by atoms with van der Waals surface area (Å²) in [6.45, 7) is 0.681. The summed E-state index contributed by atoms with van der Waals surface area (Å²) in [5, 5.41) is 19.9. The first-order valence-electron chi connectivity index (χ1n) is 8.07. The first-order valence-corrected chi connectivity index (χ1v) is 8.07. The van der Waals surface area contributed by atoms with Crippen molar-refractivity contribution < 1.29 is 14.3 Å². The van der Waals surface area contributed by atoms with E-state index in [0.29, 0.717) is 13.0 Å². The second-order valence-corrected chi connectivity index (χ2v) is 6.03. The zero-order valence-corrected chi connectivity index (χ0v) is 13.2. The minimum atomic E-state index is -0.616. The Labute approximate surface area is 138 Å². The third-order valence-corrected chi connectivity index (χ3v) is 4.37. The van der Waals surface area contributed by atoms with E-state index in [4.69, 9.17) is 5.11 Å². The van der Waals surface area contributed by atoms with E-state index in [1.54, 1.807) is 4.68 Å². The summed E-state index contributed by atoms with van der Waals surface area (Å²) in [7, 11) is 0. The Bertz CT molecular complexity index is 705. The number of carbonyl (C=O) groups excluding carboxylic acids is 1. The maximum atomic E-state index is 13.7.